The lowest BCUT2D eigenvalue weighted by Gasteiger charge is -2.33. The van der Waals surface area contributed by atoms with Gasteiger partial charge in [-0.1, -0.05) is 17.7 Å². The molecule has 0 spiro atoms. The second-order valence-electron chi connectivity index (χ2n) is 5.55. The van der Waals surface area contributed by atoms with Crippen LogP contribution in [-0.4, -0.2) is 13.9 Å². The zero-order chi connectivity index (χ0) is 12.1. The van der Waals surface area contributed by atoms with Gasteiger partial charge in [0.2, 0.25) is 0 Å². The van der Waals surface area contributed by atoms with E-state index in [0.717, 1.165) is 12.8 Å². The molecule has 0 aliphatic heterocycles. The van der Waals surface area contributed by atoms with Gasteiger partial charge < -0.3 is 4.43 Å². The molecule has 0 aliphatic rings. The van der Waals surface area contributed by atoms with Crippen LogP contribution >= 0.6 is 0 Å². The average molecular weight is 226 g/mol. The first-order valence-electron chi connectivity index (χ1n) is 5.66. The van der Waals surface area contributed by atoms with E-state index in [4.69, 9.17) is 4.43 Å². The van der Waals surface area contributed by atoms with Gasteiger partial charge in [-0.25, -0.2) is 0 Å². The molecule has 1 nitrogen and oxygen atoms in total. The van der Waals surface area contributed by atoms with Gasteiger partial charge in [-0.3, -0.25) is 0 Å². The van der Waals surface area contributed by atoms with E-state index in [1.807, 2.05) is 6.08 Å². The van der Waals surface area contributed by atoms with Gasteiger partial charge in [-0.2, -0.15) is 0 Å². The summed E-state index contributed by atoms with van der Waals surface area (Å²) in [6, 6.07) is 0. The molecule has 15 heavy (non-hydrogen) atoms. The molecule has 0 N–H and O–H groups in total. The van der Waals surface area contributed by atoms with E-state index in [9.17, 15) is 0 Å². The van der Waals surface area contributed by atoms with Gasteiger partial charge in [0, 0.05) is 0 Å². The van der Waals surface area contributed by atoms with Gasteiger partial charge in [-0.15, -0.1) is 6.58 Å². The Morgan fingerprint density at radius 3 is 2.20 bits per heavy atom. The molecule has 0 heterocycles. The van der Waals surface area contributed by atoms with Crippen LogP contribution in [-0.2, 0) is 4.43 Å². The first-order chi connectivity index (χ1) is 6.68. The number of allylic oxidation sites excluding steroid dienone is 2. The summed E-state index contributed by atoms with van der Waals surface area (Å²) in [5.74, 6) is 0. The zero-order valence-corrected chi connectivity index (χ0v) is 12.2. The Balaban J connectivity index is 4.32. The summed E-state index contributed by atoms with van der Waals surface area (Å²) in [5, 5.41) is 0. The maximum atomic E-state index is 6.15. The lowest BCUT2D eigenvalue weighted by atomic mass is 10.00. The molecule has 0 saturated carbocycles. The molecule has 1 atom stereocenters. The fourth-order valence-corrected chi connectivity index (χ4v) is 3.13. The van der Waals surface area contributed by atoms with Crippen LogP contribution in [0.4, 0.5) is 0 Å². The molecule has 88 valence electrons. The largest absolute Gasteiger partial charge is 0.409 e. The highest BCUT2D eigenvalue weighted by Crippen LogP contribution is 2.24. The van der Waals surface area contributed by atoms with Crippen molar-refractivity contribution in [1.82, 2.24) is 0 Å². The van der Waals surface area contributed by atoms with Crippen molar-refractivity contribution in [2.45, 2.75) is 58.9 Å². The second kappa shape index (κ2) is 5.66. The van der Waals surface area contributed by atoms with Crippen molar-refractivity contribution in [3.8, 4) is 0 Å². The molecule has 0 bridgehead atoms. The smallest absolute Gasteiger partial charge is 0.184 e. The topological polar surface area (TPSA) is 9.23 Å². The molecule has 0 radical (unpaired) electrons. The molecule has 0 rings (SSSR count). The number of hydrogen-bond acceptors (Lipinski definition) is 1. The third kappa shape index (κ3) is 7.57. The van der Waals surface area contributed by atoms with Crippen LogP contribution in [0.5, 0.6) is 0 Å². The molecule has 0 saturated heterocycles. The van der Waals surface area contributed by atoms with Gasteiger partial charge in [0.25, 0.3) is 0 Å². The van der Waals surface area contributed by atoms with Crippen molar-refractivity contribution in [1.29, 1.82) is 0 Å². The first-order valence-corrected chi connectivity index (χ1v) is 9.06. The minimum absolute atomic E-state index is 0.156. The minimum Gasteiger partial charge on any atom is -0.409 e. The molecule has 1 unspecified atom stereocenters. The van der Waals surface area contributed by atoms with E-state index in [1.165, 1.54) is 5.57 Å². The Morgan fingerprint density at radius 2 is 1.87 bits per heavy atom. The van der Waals surface area contributed by atoms with Crippen LogP contribution in [0.1, 0.15) is 33.6 Å². The van der Waals surface area contributed by atoms with Crippen molar-refractivity contribution < 1.29 is 4.43 Å². The summed E-state index contributed by atoms with van der Waals surface area (Å²) < 4.78 is 6.15. The Morgan fingerprint density at radius 1 is 1.33 bits per heavy atom. The van der Waals surface area contributed by atoms with Crippen LogP contribution in [0.15, 0.2) is 24.3 Å². The quantitative estimate of drug-likeness (QED) is 0.477. The molecule has 0 aromatic rings. The average Bonchev–Trinajstić information content (AvgIpc) is 2.00. The van der Waals surface area contributed by atoms with E-state index in [0.29, 0.717) is 0 Å². The summed E-state index contributed by atoms with van der Waals surface area (Å²) in [6.07, 6.45) is 6.29. The van der Waals surface area contributed by atoms with E-state index in [-0.39, 0.29) is 5.60 Å². The molecule has 0 aromatic carbocycles. The number of rotatable bonds is 6. The molecule has 0 amide bonds. The molecule has 0 aromatic heterocycles. The highest BCUT2D eigenvalue weighted by Gasteiger charge is 2.27. The second-order valence-corrected chi connectivity index (χ2v) is 9.98. The summed E-state index contributed by atoms with van der Waals surface area (Å²) in [6.45, 7) is 16.9. The lowest BCUT2D eigenvalue weighted by molar-refractivity contribution is 0.124. The normalized spacial score (nSPS) is 15.6. The Labute approximate surface area is 96.4 Å². The van der Waals surface area contributed by atoms with Crippen LogP contribution < -0.4 is 0 Å². The van der Waals surface area contributed by atoms with Crippen molar-refractivity contribution in [3.05, 3.63) is 24.3 Å². The predicted molar refractivity (Wildman–Crippen MR) is 71.7 cm³/mol. The highest BCUT2D eigenvalue weighted by molar-refractivity contribution is 6.69. The van der Waals surface area contributed by atoms with E-state index in [1.54, 1.807) is 0 Å². The van der Waals surface area contributed by atoms with E-state index in [2.05, 4.69) is 53.1 Å². The predicted octanol–water partition coefficient (Wildman–Crippen LogP) is 4.53. The van der Waals surface area contributed by atoms with Crippen LogP contribution in [0.2, 0.25) is 19.6 Å². The van der Waals surface area contributed by atoms with Gasteiger partial charge in [0.05, 0.1) is 5.60 Å². The summed E-state index contributed by atoms with van der Waals surface area (Å²) in [4.78, 5) is 0. The Hall–Kier alpha value is -0.343. The van der Waals surface area contributed by atoms with Crippen molar-refractivity contribution in [3.63, 3.8) is 0 Å². The summed E-state index contributed by atoms with van der Waals surface area (Å²) in [7, 11) is -1.48. The maximum absolute atomic E-state index is 6.15. The van der Waals surface area contributed by atoms with Gasteiger partial charge in [0.15, 0.2) is 8.32 Å². The van der Waals surface area contributed by atoms with E-state index < -0.39 is 8.32 Å². The molecular formula is C13H26OSi. The van der Waals surface area contributed by atoms with Crippen LogP contribution in [0, 0.1) is 0 Å². The minimum atomic E-state index is -1.48. The van der Waals surface area contributed by atoms with Crippen LogP contribution in [0.3, 0.4) is 0 Å². The molecule has 0 fully saturated rings. The van der Waals surface area contributed by atoms with Gasteiger partial charge >= 0.3 is 0 Å². The van der Waals surface area contributed by atoms with Crippen molar-refractivity contribution in [2.75, 3.05) is 0 Å². The summed E-state index contributed by atoms with van der Waals surface area (Å²) >= 11 is 0. The first kappa shape index (κ1) is 14.7. The maximum Gasteiger partial charge on any atom is 0.184 e. The van der Waals surface area contributed by atoms with Crippen LogP contribution in [0.25, 0.3) is 0 Å². The van der Waals surface area contributed by atoms with Crippen molar-refractivity contribution >= 4 is 8.32 Å². The molecule has 0 aliphatic carbocycles. The lowest BCUT2D eigenvalue weighted by Crippen LogP contribution is -2.39. The fraction of sp³-hybridized carbons (Fsp3) is 0.692. The molecular weight excluding hydrogens is 200 g/mol. The van der Waals surface area contributed by atoms with Crippen molar-refractivity contribution in [2.24, 2.45) is 0 Å². The van der Waals surface area contributed by atoms with Gasteiger partial charge in [0.1, 0.15) is 0 Å². The molecule has 2 heteroatoms. The Bertz CT molecular complexity index is 233. The zero-order valence-electron chi connectivity index (χ0n) is 11.2. The SMILES string of the molecule is C=CC(C)(CCC=C(C)C)O[Si](C)(C)C. The number of hydrogen-bond donors (Lipinski definition) is 0. The standard InChI is InChI=1S/C13H26OSi/c1-8-13(4,14-15(5,6)7)11-9-10-12(2)3/h8,10H,1,9,11H2,2-7H3. The highest BCUT2D eigenvalue weighted by atomic mass is 28.4. The van der Waals surface area contributed by atoms with Gasteiger partial charge in [-0.05, 0) is 53.3 Å². The summed E-state index contributed by atoms with van der Waals surface area (Å²) in [5.41, 5.74) is 1.21. The van der Waals surface area contributed by atoms with E-state index >= 15 is 0 Å². The monoisotopic (exact) mass is 226 g/mol. The third-order valence-electron chi connectivity index (χ3n) is 2.16. The fourth-order valence-electron chi connectivity index (χ4n) is 1.54. The third-order valence-corrected chi connectivity index (χ3v) is 3.24. The Kier molecular flexibility index (Phi) is 5.53.